The van der Waals surface area contributed by atoms with Gasteiger partial charge in [0.15, 0.2) is 0 Å². The average molecular weight is 384 g/mol. The Morgan fingerprint density at radius 2 is 1.83 bits per heavy atom. The van der Waals surface area contributed by atoms with Crippen molar-refractivity contribution in [2.75, 3.05) is 12.4 Å². The number of benzene rings is 3. The summed E-state index contributed by atoms with van der Waals surface area (Å²) in [7, 11) is 1.65. The topological polar surface area (TPSA) is 69.0 Å². The first kappa shape index (κ1) is 18.4. The van der Waals surface area contributed by atoms with Crippen molar-refractivity contribution in [3.05, 3.63) is 102 Å². The first-order valence-electron chi connectivity index (χ1n) is 9.20. The Morgan fingerprint density at radius 1 is 1.03 bits per heavy atom. The smallest absolute Gasteiger partial charge is 0.255 e. The highest BCUT2D eigenvalue weighted by Crippen LogP contribution is 2.25. The van der Waals surface area contributed by atoms with Gasteiger partial charge in [-0.2, -0.15) is 5.10 Å². The van der Waals surface area contributed by atoms with E-state index in [0.717, 1.165) is 29.1 Å². The van der Waals surface area contributed by atoms with Crippen LogP contribution in [0.2, 0.25) is 0 Å². The highest BCUT2D eigenvalue weighted by Gasteiger charge is 2.10. The molecule has 144 valence electrons. The van der Waals surface area contributed by atoms with E-state index in [1.165, 1.54) is 11.9 Å². The molecule has 29 heavy (non-hydrogen) atoms. The number of amides is 1. The molecule has 1 amide bonds. The first-order chi connectivity index (χ1) is 14.2. The minimum atomic E-state index is -0.175. The van der Waals surface area contributed by atoms with E-state index in [-0.39, 0.29) is 5.91 Å². The molecule has 6 heteroatoms. The highest BCUT2D eigenvalue weighted by molar-refractivity contribution is 6.04. The minimum absolute atomic E-state index is 0.175. The lowest BCUT2D eigenvalue weighted by Gasteiger charge is -2.12. The molecule has 4 rings (SSSR count). The van der Waals surface area contributed by atoms with Gasteiger partial charge in [-0.3, -0.25) is 4.79 Å². The Kier molecular flexibility index (Phi) is 5.33. The lowest BCUT2D eigenvalue weighted by atomic mass is 10.0. The average Bonchev–Trinajstić information content (AvgIpc) is 3.30. The number of hydrogen-bond acceptors (Lipinski definition) is 4. The van der Waals surface area contributed by atoms with E-state index in [0.29, 0.717) is 5.56 Å². The fourth-order valence-corrected chi connectivity index (χ4v) is 3.12. The molecule has 0 fully saturated rings. The molecular formula is C23H20N4O2. The molecule has 4 aromatic rings. The van der Waals surface area contributed by atoms with Crippen molar-refractivity contribution in [2.45, 2.75) is 6.42 Å². The Bertz CT molecular complexity index is 1090. The molecule has 0 spiro atoms. The van der Waals surface area contributed by atoms with Gasteiger partial charge in [0.1, 0.15) is 18.4 Å². The normalized spacial score (nSPS) is 10.5. The number of nitrogens with one attached hydrogen (secondary N) is 1. The predicted octanol–water partition coefficient (Wildman–Crippen LogP) is 4.12. The van der Waals surface area contributed by atoms with Gasteiger partial charge in [-0.15, -0.1) is 0 Å². The molecule has 0 radical (unpaired) electrons. The van der Waals surface area contributed by atoms with Crippen LogP contribution in [-0.4, -0.2) is 27.8 Å². The number of methoxy groups -OCH3 is 1. The molecule has 0 aliphatic rings. The summed E-state index contributed by atoms with van der Waals surface area (Å²) >= 11 is 0. The Balaban J connectivity index is 1.51. The summed E-state index contributed by atoms with van der Waals surface area (Å²) in [5, 5.41) is 7.04. The molecule has 0 aliphatic heterocycles. The molecule has 0 atom stereocenters. The molecule has 0 aliphatic carbocycles. The van der Waals surface area contributed by atoms with Gasteiger partial charge in [0.05, 0.1) is 12.8 Å². The maximum atomic E-state index is 12.7. The fourth-order valence-electron chi connectivity index (χ4n) is 3.12. The van der Waals surface area contributed by atoms with E-state index in [4.69, 9.17) is 4.74 Å². The number of carbonyl (C=O) groups excluding carboxylic acids is 1. The van der Waals surface area contributed by atoms with E-state index >= 15 is 0 Å². The fraction of sp³-hybridized carbons (Fsp3) is 0.0870. The monoisotopic (exact) mass is 384 g/mol. The number of hydrogen-bond donors (Lipinski definition) is 1. The zero-order valence-electron chi connectivity index (χ0n) is 15.9. The van der Waals surface area contributed by atoms with Gasteiger partial charge in [-0.05, 0) is 48.0 Å². The maximum absolute atomic E-state index is 12.7. The Labute approximate surface area is 168 Å². The third kappa shape index (κ3) is 4.32. The van der Waals surface area contributed by atoms with Gasteiger partial charge in [0.25, 0.3) is 5.91 Å². The maximum Gasteiger partial charge on any atom is 0.255 e. The van der Waals surface area contributed by atoms with Crippen molar-refractivity contribution < 1.29 is 9.53 Å². The van der Waals surface area contributed by atoms with E-state index in [1.807, 2.05) is 48.5 Å². The van der Waals surface area contributed by atoms with Gasteiger partial charge in [-0.25, -0.2) is 9.67 Å². The van der Waals surface area contributed by atoms with Crippen molar-refractivity contribution >= 4 is 11.6 Å². The largest absolute Gasteiger partial charge is 0.496 e. The van der Waals surface area contributed by atoms with Crippen LogP contribution in [0.1, 0.15) is 21.5 Å². The van der Waals surface area contributed by atoms with Gasteiger partial charge < -0.3 is 10.1 Å². The summed E-state index contributed by atoms with van der Waals surface area (Å²) in [6.45, 7) is 0. The number of nitrogens with zero attached hydrogens (tertiary/aromatic N) is 3. The summed E-state index contributed by atoms with van der Waals surface area (Å²) in [5.74, 6) is 0.620. The SMILES string of the molecule is COc1ccc(NC(=O)c2ccc(-n3cncn3)cc2)cc1Cc1ccccc1. The molecule has 1 heterocycles. The molecule has 1 aromatic heterocycles. The second-order valence-corrected chi connectivity index (χ2v) is 6.53. The van der Waals surface area contributed by atoms with Gasteiger partial charge in [0.2, 0.25) is 0 Å². The van der Waals surface area contributed by atoms with Gasteiger partial charge >= 0.3 is 0 Å². The minimum Gasteiger partial charge on any atom is -0.496 e. The second kappa shape index (κ2) is 8.39. The molecule has 3 aromatic carbocycles. The van der Waals surface area contributed by atoms with E-state index in [1.54, 1.807) is 30.3 Å². The number of rotatable bonds is 6. The third-order valence-electron chi connectivity index (χ3n) is 4.59. The van der Waals surface area contributed by atoms with Crippen molar-refractivity contribution in [3.8, 4) is 11.4 Å². The van der Waals surface area contributed by atoms with Crippen LogP contribution >= 0.6 is 0 Å². The number of ether oxygens (including phenoxy) is 1. The number of carbonyl (C=O) groups is 1. The van der Waals surface area contributed by atoms with Crippen LogP contribution in [0, 0.1) is 0 Å². The summed E-state index contributed by atoms with van der Waals surface area (Å²) in [6, 6.07) is 23.0. The zero-order chi connectivity index (χ0) is 20.1. The summed E-state index contributed by atoms with van der Waals surface area (Å²) in [5.41, 5.74) is 4.32. The van der Waals surface area contributed by atoms with Crippen LogP contribution in [0.4, 0.5) is 5.69 Å². The summed E-state index contributed by atoms with van der Waals surface area (Å²) in [4.78, 5) is 16.6. The summed E-state index contributed by atoms with van der Waals surface area (Å²) in [6.07, 6.45) is 3.80. The molecular weight excluding hydrogens is 364 g/mol. The molecule has 0 saturated carbocycles. The van der Waals surface area contributed by atoms with Crippen LogP contribution < -0.4 is 10.1 Å². The van der Waals surface area contributed by atoms with Gasteiger partial charge in [0, 0.05) is 23.2 Å². The second-order valence-electron chi connectivity index (χ2n) is 6.53. The molecule has 6 nitrogen and oxygen atoms in total. The van der Waals surface area contributed by atoms with E-state index in [9.17, 15) is 4.79 Å². The number of anilines is 1. The highest BCUT2D eigenvalue weighted by atomic mass is 16.5. The van der Waals surface area contributed by atoms with Crippen LogP contribution in [-0.2, 0) is 6.42 Å². The molecule has 0 saturated heterocycles. The standard InChI is InChI=1S/C23H20N4O2/c1-29-22-12-9-20(14-19(22)13-17-5-3-2-4-6-17)26-23(28)18-7-10-21(11-8-18)27-16-24-15-25-27/h2-12,14-16H,13H2,1H3,(H,26,28). The van der Waals surface area contributed by atoms with Crippen molar-refractivity contribution in [1.82, 2.24) is 14.8 Å². The Hall–Kier alpha value is -3.93. The van der Waals surface area contributed by atoms with E-state index in [2.05, 4.69) is 27.5 Å². The molecule has 0 bridgehead atoms. The third-order valence-corrected chi connectivity index (χ3v) is 4.59. The Morgan fingerprint density at radius 3 is 2.52 bits per heavy atom. The van der Waals surface area contributed by atoms with E-state index < -0.39 is 0 Å². The van der Waals surface area contributed by atoms with Crippen LogP contribution in [0.3, 0.4) is 0 Å². The van der Waals surface area contributed by atoms with Crippen molar-refractivity contribution in [3.63, 3.8) is 0 Å². The van der Waals surface area contributed by atoms with Crippen molar-refractivity contribution in [1.29, 1.82) is 0 Å². The number of aromatic nitrogens is 3. The lowest BCUT2D eigenvalue weighted by molar-refractivity contribution is 0.102. The predicted molar refractivity (Wildman–Crippen MR) is 112 cm³/mol. The lowest BCUT2D eigenvalue weighted by Crippen LogP contribution is -2.12. The van der Waals surface area contributed by atoms with Gasteiger partial charge in [-0.1, -0.05) is 30.3 Å². The van der Waals surface area contributed by atoms with Crippen LogP contribution in [0.25, 0.3) is 5.69 Å². The van der Waals surface area contributed by atoms with Crippen LogP contribution in [0.5, 0.6) is 5.75 Å². The molecule has 0 unspecified atom stereocenters. The van der Waals surface area contributed by atoms with Crippen molar-refractivity contribution in [2.24, 2.45) is 0 Å². The zero-order valence-corrected chi connectivity index (χ0v) is 15.9. The first-order valence-corrected chi connectivity index (χ1v) is 9.20. The summed E-state index contributed by atoms with van der Waals surface area (Å²) < 4.78 is 7.12. The molecule has 1 N–H and O–H groups in total. The quantitative estimate of drug-likeness (QED) is 0.543. The van der Waals surface area contributed by atoms with Crippen LogP contribution in [0.15, 0.2) is 85.5 Å².